The lowest BCUT2D eigenvalue weighted by molar-refractivity contribution is -0.384. The Kier molecular flexibility index (Phi) is 6.01. The molecule has 0 saturated carbocycles. The molecule has 0 fully saturated rings. The maximum atomic E-state index is 12.2. The van der Waals surface area contributed by atoms with E-state index in [1.165, 1.54) is 38.2 Å². The molecule has 27 heavy (non-hydrogen) atoms. The zero-order valence-electron chi connectivity index (χ0n) is 14.9. The number of amides is 1. The highest BCUT2D eigenvalue weighted by Crippen LogP contribution is 2.22. The van der Waals surface area contributed by atoms with Crippen LogP contribution in [0.15, 0.2) is 48.5 Å². The molecule has 0 aliphatic heterocycles. The number of nitro groups is 1. The van der Waals surface area contributed by atoms with Crippen LogP contribution in [0, 0.1) is 10.1 Å². The number of hydrogen-bond acceptors (Lipinski definition) is 6. The molecule has 10 heteroatoms. The number of nitrogens with zero attached hydrogens (tertiary/aromatic N) is 2. The second-order valence-electron chi connectivity index (χ2n) is 5.78. The molecule has 0 saturated heterocycles. The van der Waals surface area contributed by atoms with Crippen LogP contribution in [0.1, 0.15) is 6.92 Å². The van der Waals surface area contributed by atoms with Gasteiger partial charge in [0.05, 0.1) is 16.9 Å². The van der Waals surface area contributed by atoms with Crippen molar-refractivity contribution in [3.8, 4) is 5.75 Å². The minimum Gasteiger partial charge on any atom is -0.481 e. The van der Waals surface area contributed by atoms with Crippen LogP contribution in [0.25, 0.3) is 0 Å². The lowest BCUT2D eigenvalue weighted by Crippen LogP contribution is -2.30. The fourth-order valence-electron chi connectivity index (χ4n) is 2.12. The summed E-state index contributed by atoms with van der Waals surface area (Å²) >= 11 is 0. The Bertz CT molecular complexity index is 943. The van der Waals surface area contributed by atoms with Gasteiger partial charge >= 0.3 is 0 Å². The zero-order valence-corrected chi connectivity index (χ0v) is 15.8. The van der Waals surface area contributed by atoms with Crippen LogP contribution in [0.3, 0.4) is 0 Å². The molecule has 0 aliphatic carbocycles. The van der Waals surface area contributed by atoms with Gasteiger partial charge in [-0.1, -0.05) is 6.07 Å². The van der Waals surface area contributed by atoms with Gasteiger partial charge in [0.1, 0.15) is 5.75 Å². The molecule has 1 unspecified atom stereocenters. The predicted octanol–water partition coefficient (Wildman–Crippen LogP) is 2.40. The SMILES string of the molecule is CC(Oc1ccc(N(C)S(C)(=O)=O)cc1)C(=O)Nc1cccc([N+](=O)[O-])c1. The summed E-state index contributed by atoms with van der Waals surface area (Å²) in [7, 11) is -1.94. The maximum Gasteiger partial charge on any atom is 0.271 e. The monoisotopic (exact) mass is 393 g/mol. The Morgan fingerprint density at radius 3 is 2.41 bits per heavy atom. The van der Waals surface area contributed by atoms with Gasteiger partial charge in [0.2, 0.25) is 10.0 Å². The first-order chi connectivity index (χ1) is 12.6. The molecule has 1 amide bonds. The van der Waals surface area contributed by atoms with Gasteiger partial charge < -0.3 is 10.1 Å². The third-order valence-corrected chi connectivity index (χ3v) is 4.91. The van der Waals surface area contributed by atoms with E-state index in [0.717, 1.165) is 10.6 Å². The smallest absolute Gasteiger partial charge is 0.271 e. The topological polar surface area (TPSA) is 119 Å². The minimum atomic E-state index is -3.37. The molecular weight excluding hydrogens is 374 g/mol. The second kappa shape index (κ2) is 8.04. The van der Waals surface area contributed by atoms with Crippen molar-refractivity contribution in [2.24, 2.45) is 0 Å². The molecule has 0 spiro atoms. The average Bonchev–Trinajstić information content (AvgIpc) is 2.61. The van der Waals surface area contributed by atoms with E-state index in [1.54, 1.807) is 24.3 Å². The first-order valence-electron chi connectivity index (χ1n) is 7.84. The second-order valence-corrected chi connectivity index (χ2v) is 7.79. The van der Waals surface area contributed by atoms with E-state index in [1.807, 2.05) is 0 Å². The lowest BCUT2D eigenvalue weighted by Gasteiger charge is -2.18. The van der Waals surface area contributed by atoms with Crippen molar-refractivity contribution in [1.29, 1.82) is 0 Å². The first-order valence-corrected chi connectivity index (χ1v) is 9.68. The van der Waals surface area contributed by atoms with E-state index in [4.69, 9.17) is 4.74 Å². The number of benzene rings is 2. The molecule has 0 aromatic heterocycles. The van der Waals surface area contributed by atoms with Gasteiger partial charge in [-0.15, -0.1) is 0 Å². The van der Waals surface area contributed by atoms with E-state index in [9.17, 15) is 23.3 Å². The Balaban J connectivity index is 2.02. The van der Waals surface area contributed by atoms with Gasteiger partial charge in [-0.05, 0) is 37.3 Å². The Morgan fingerprint density at radius 2 is 1.85 bits per heavy atom. The third kappa shape index (κ3) is 5.42. The van der Waals surface area contributed by atoms with Crippen LogP contribution in [-0.4, -0.2) is 38.7 Å². The van der Waals surface area contributed by atoms with Crippen LogP contribution >= 0.6 is 0 Å². The molecule has 0 radical (unpaired) electrons. The Hall–Kier alpha value is -3.14. The molecule has 0 aliphatic rings. The van der Waals surface area contributed by atoms with Crippen molar-refractivity contribution in [3.63, 3.8) is 0 Å². The number of nitrogens with one attached hydrogen (secondary N) is 1. The summed E-state index contributed by atoms with van der Waals surface area (Å²) in [6.45, 7) is 1.53. The molecule has 2 rings (SSSR count). The zero-order chi connectivity index (χ0) is 20.2. The Labute approximate surface area is 156 Å². The number of anilines is 2. The largest absolute Gasteiger partial charge is 0.481 e. The van der Waals surface area contributed by atoms with Gasteiger partial charge in [0.25, 0.3) is 11.6 Å². The number of carbonyl (C=O) groups is 1. The fourth-order valence-corrected chi connectivity index (χ4v) is 2.63. The summed E-state index contributed by atoms with van der Waals surface area (Å²) in [6.07, 6.45) is 0.223. The van der Waals surface area contributed by atoms with E-state index in [0.29, 0.717) is 11.4 Å². The van der Waals surface area contributed by atoms with Gasteiger partial charge in [0, 0.05) is 24.9 Å². The number of non-ortho nitro benzene ring substituents is 1. The van der Waals surface area contributed by atoms with Crippen LogP contribution in [0.4, 0.5) is 17.1 Å². The number of hydrogen-bond donors (Lipinski definition) is 1. The fraction of sp³-hybridized carbons (Fsp3) is 0.235. The molecule has 0 heterocycles. The van der Waals surface area contributed by atoms with Gasteiger partial charge in [0.15, 0.2) is 6.10 Å². The highest BCUT2D eigenvalue weighted by Gasteiger charge is 2.17. The van der Waals surface area contributed by atoms with Gasteiger partial charge in [-0.3, -0.25) is 19.2 Å². The normalized spacial score (nSPS) is 12.1. The number of nitro benzene ring substituents is 1. The number of ether oxygens (including phenoxy) is 1. The standard InChI is InChI=1S/C17H19N3O6S/c1-12(17(21)18-13-5-4-6-15(11-13)20(22)23)26-16-9-7-14(8-10-16)19(2)27(3,24)25/h4-12H,1-3H3,(H,18,21). The summed E-state index contributed by atoms with van der Waals surface area (Å²) in [5, 5.41) is 13.3. The molecule has 9 nitrogen and oxygen atoms in total. The van der Waals surface area contributed by atoms with Crippen LogP contribution in [-0.2, 0) is 14.8 Å². The molecule has 0 bridgehead atoms. The van der Waals surface area contributed by atoms with E-state index >= 15 is 0 Å². The van der Waals surface area contributed by atoms with Crippen LogP contribution < -0.4 is 14.4 Å². The number of rotatable bonds is 7. The Morgan fingerprint density at radius 1 is 1.22 bits per heavy atom. The molecule has 2 aromatic carbocycles. The first kappa shape index (κ1) is 20.2. The van der Waals surface area contributed by atoms with Gasteiger partial charge in [-0.25, -0.2) is 8.42 Å². The minimum absolute atomic E-state index is 0.132. The third-order valence-electron chi connectivity index (χ3n) is 3.70. The summed E-state index contributed by atoms with van der Waals surface area (Å²) in [6, 6.07) is 11.8. The van der Waals surface area contributed by atoms with Crippen molar-refractivity contribution in [1.82, 2.24) is 0 Å². The number of carbonyl (C=O) groups excluding carboxylic acids is 1. The van der Waals surface area contributed by atoms with E-state index in [2.05, 4.69) is 5.32 Å². The van der Waals surface area contributed by atoms with Crippen molar-refractivity contribution in [2.75, 3.05) is 22.9 Å². The molecule has 2 aromatic rings. The maximum absolute atomic E-state index is 12.2. The highest BCUT2D eigenvalue weighted by molar-refractivity contribution is 7.92. The van der Waals surface area contributed by atoms with E-state index < -0.39 is 27.0 Å². The summed E-state index contributed by atoms with van der Waals surface area (Å²) in [4.78, 5) is 22.4. The number of sulfonamides is 1. The molecule has 1 atom stereocenters. The van der Waals surface area contributed by atoms with Crippen LogP contribution in [0.5, 0.6) is 5.75 Å². The average molecular weight is 393 g/mol. The predicted molar refractivity (Wildman–Crippen MR) is 102 cm³/mol. The molecule has 1 N–H and O–H groups in total. The van der Waals surface area contributed by atoms with Crippen LogP contribution in [0.2, 0.25) is 0 Å². The van der Waals surface area contributed by atoms with Gasteiger partial charge in [-0.2, -0.15) is 0 Å². The van der Waals surface area contributed by atoms with Crippen molar-refractivity contribution < 1.29 is 22.9 Å². The summed E-state index contributed by atoms with van der Waals surface area (Å²) in [5.74, 6) is -0.102. The molecule has 144 valence electrons. The lowest BCUT2D eigenvalue weighted by atomic mass is 10.2. The quantitative estimate of drug-likeness (QED) is 0.570. The van der Waals surface area contributed by atoms with Crippen molar-refractivity contribution in [2.45, 2.75) is 13.0 Å². The van der Waals surface area contributed by atoms with E-state index in [-0.39, 0.29) is 11.4 Å². The summed E-state index contributed by atoms with van der Waals surface area (Å²) < 4.78 is 29.7. The highest BCUT2D eigenvalue weighted by atomic mass is 32.2. The van der Waals surface area contributed by atoms with Crippen molar-refractivity contribution >= 4 is 33.0 Å². The van der Waals surface area contributed by atoms with Crippen molar-refractivity contribution in [3.05, 3.63) is 58.6 Å². The molecular formula is C17H19N3O6S. The summed E-state index contributed by atoms with van der Waals surface area (Å²) in [5.41, 5.74) is 0.611.